The van der Waals surface area contributed by atoms with Gasteiger partial charge in [-0.2, -0.15) is 0 Å². The van der Waals surface area contributed by atoms with E-state index in [-0.39, 0.29) is 12.8 Å². The standard InChI is InChI=1S/C19H22N2O4/c1-2-15-5-3-4-6-16(15)23-10-9-20-19(22)21-12-14-7-8-17-18(11-14)25-13-24-17/h3-8,11H,2,9-10,12-13H2,1H3,(H2,20,21,22). The molecule has 0 fully saturated rings. The lowest BCUT2D eigenvalue weighted by atomic mass is 10.1. The van der Waals surface area contributed by atoms with Gasteiger partial charge in [-0.25, -0.2) is 4.79 Å². The van der Waals surface area contributed by atoms with Crippen molar-refractivity contribution in [1.29, 1.82) is 0 Å². The zero-order chi connectivity index (χ0) is 17.5. The fourth-order valence-corrected chi connectivity index (χ4v) is 2.56. The second-order valence-corrected chi connectivity index (χ2v) is 5.61. The molecule has 0 radical (unpaired) electrons. The van der Waals surface area contributed by atoms with Gasteiger partial charge in [0.2, 0.25) is 6.79 Å². The number of para-hydroxylation sites is 1. The fourth-order valence-electron chi connectivity index (χ4n) is 2.56. The van der Waals surface area contributed by atoms with Gasteiger partial charge >= 0.3 is 6.03 Å². The van der Waals surface area contributed by atoms with Gasteiger partial charge in [0.15, 0.2) is 11.5 Å². The summed E-state index contributed by atoms with van der Waals surface area (Å²) in [4.78, 5) is 11.9. The molecule has 1 heterocycles. The fraction of sp³-hybridized carbons (Fsp3) is 0.316. The first-order valence-electron chi connectivity index (χ1n) is 8.37. The number of carbonyl (C=O) groups is 1. The number of fused-ring (bicyclic) bond motifs is 1. The average molecular weight is 342 g/mol. The van der Waals surface area contributed by atoms with Crippen molar-refractivity contribution in [3.63, 3.8) is 0 Å². The minimum absolute atomic E-state index is 0.231. The molecule has 1 aliphatic rings. The van der Waals surface area contributed by atoms with Gasteiger partial charge in [0.05, 0.1) is 6.54 Å². The van der Waals surface area contributed by atoms with Gasteiger partial charge in [0.1, 0.15) is 12.4 Å². The monoisotopic (exact) mass is 342 g/mol. The molecule has 0 spiro atoms. The van der Waals surface area contributed by atoms with Crippen LogP contribution in [0.4, 0.5) is 4.79 Å². The highest BCUT2D eigenvalue weighted by atomic mass is 16.7. The minimum Gasteiger partial charge on any atom is -0.491 e. The molecule has 0 saturated carbocycles. The molecular formula is C19H22N2O4. The summed E-state index contributed by atoms with van der Waals surface area (Å²) in [6.07, 6.45) is 0.916. The molecule has 1 aliphatic heterocycles. The Bertz CT molecular complexity index is 733. The second kappa shape index (κ2) is 8.28. The summed E-state index contributed by atoms with van der Waals surface area (Å²) in [6, 6.07) is 13.3. The third kappa shape index (κ3) is 4.56. The van der Waals surface area contributed by atoms with Crippen molar-refractivity contribution in [2.75, 3.05) is 19.9 Å². The number of hydrogen-bond donors (Lipinski definition) is 2. The average Bonchev–Trinajstić information content (AvgIpc) is 3.11. The van der Waals surface area contributed by atoms with Crippen LogP contribution in [0.15, 0.2) is 42.5 Å². The molecule has 132 valence electrons. The summed E-state index contributed by atoms with van der Waals surface area (Å²) in [6.45, 7) is 3.61. The van der Waals surface area contributed by atoms with Crippen LogP contribution < -0.4 is 24.8 Å². The van der Waals surface area contributed by atoms with Gasteiger partial charge in [0.25, 0.3) is 0 Å². The van der Waals surface area contributed by atoms with Crippen LogP contribution in [0, 0.1) is 0 Å². The first kappa shape index (κ1) is 17.0. The predicted octanol–water partition coefficient (Wildman–Crippen LogP) is 2.86. The van der Waals surface area contributed by atoms with Gasteiger partial charge in [-0.3, -0.25) is 0 Å². The molecule has 2 aromatic rings. The van der Waals surface area contributed by atoms with Crippen molar-refractivity contribution in [3.8, 4) is 17.2 Å². The van der Waals surface area contributed by atoms with E-state index in [1.54, 1.807) is 0 Å². The molecule has 2 amide bonds. The van der Waals surface area contributed by atoms with E-state index in [1.165, 1.54) is 0 Å². The van der Waals surface area contributed by atoms with Crippen LogP contribution in [-0.4, -0.2) is 26.0 Å². The third-order valence-corrected chi connectivity index (χ3v) is 3.89. The molecule has 2 N–H and O–H groups in total. The quantitative estimate of drug-likeness (QED) is 0.759. The number of ether oxygens (including phenoxy) is 3. The Morgan fingerprint density at radius 3 is 2.84 bits per heavy atom. The first-order valence-corrected chi connectivity index (χ1v) is 8.37. The number of urea groups is 1. The molecule has 2 aromatic carbocycles. The van der Waals surface area contributed by atoms with E-state index in [9.17, 15) is 4.79 Å². The maximum Gasteiger partial charge on any atom is 0.315 e. The predicted molar refractivity (Wildman–Crippen MR) is 94.1 cm³/mol. The number of aryl methyl sites for hydroxylation is 1. The summed E-state index contributed by atoms with van der Waals surface area (Å²) in [7, 11) is 0. The van der Waals surface area contributed by atoms with E-state index in [0.717, 1.165) is 29.0 Å². The summed E-state index contributed by atoms with van der Waals surface area (Å²) in [5.74, 6) is 2.31. The lowest BCUT2D eigenvalue weighted by molar-refractivity contribution is 0.174. The van der Waals surface area contributed by atoms with Crippen LogP contribution >= 0.6 is 0 Å². The van der Waals surface area contributed by atoms with Crippen molar-refractivity contribution in [2.45, 2.75) is 19.9 Å². The van der Waals surface area contributed by atoms with Crippen molar-refractivity contribution < 1.29 is 19.0 Å². The van der Waals surface area contributed by atoms with Gasteiger partial charge in [-0.05, 0) is 35.7 Å². The highest BCUT2D eigenvalue weighted by Gasteiger charge is 2.13. The smallest absolute Gasteiger partial charge is 0.315 e. The number of amides is 2. The summed E-state index contributed by atoms with van der Waals surface area (Å²) in [5.41, 5.74) is 2.11. The maximum atomic E-state index is 11.9. The molecule has 6 heteroatoms. The molecule has 0 aliphatic carbocycles. The molecule has 0 aromatic heterocycles. The normalized spacial score (nSPS) is 11.9. The van der Waals surface area contributed by atoms with Crippen LogP contribution in [0.2, 0.25) is 0 Å². The van der Waals surface area contributed by atoms with E-state index in [0.29, 0.717) is 25.4 Å². The van der Waals surface area contributed by atoms with Crippen molar-refractivity contribution in [3.05, 3.63) is 53.6 Å². The van der Waals surface area contributed by atoms with Crippen LogP contribution in [-0.2, 0) is 13.0 Å². The Balaban J connectivity index is 1.37. The van der Waals surface area contributed by atoms with E-state index in [4.69, 9.17) is 14.2 Å². The maximum absolute atomic E-state index is 11.9. The Labute approximate surface area is 147 Å². The highest BCUT2D eigenvalue weighted by Crippen LogP contribution is 2.32. The van der Waals surface area contributed by atoms with E-state index in [2.05, 4.69) is 17.6 Å². The number of nitrogens with one attached hydrogen (secondary N) is 2. The number of hydrogen-bond acceptors (Lipinski definition) is 4. The number of rotatable bonds is 7. The Kier molecular flexibility index (Phi) is 5.61. The van der Waals surface area contributed by atoms with Crippen molar-refractivity contribution in [1.82, 2.24) is 10.6 Å². The first-order chi connectivity index (χ1) is 12.3. The zero-order valence-corrected chi connectivity index (χ0v) is 14.2. The Morgan fingerprint density at radius 2 is 1.96 bits per heavy atom. The van der Waals surface area contributed by atoms with E-state index < -0.39 is 0 Å². The molecule has 6 nitrogen and oxygen atoms in total. The summed E-state index contributed by atoms with van der Waals surface area (Å²) >= 11 is 0. The SMILES string of the molecule is CCc1ccccc1OCCNC(=O)NCc1ccc2c(c1)OCO2. The largest absolute Gasteiger partial charge is 0.491 e. The second-order valence-electron chi connectivity index (χ2n) is 5.61. The Morgan fingerprint density at radius 1 is 1.12 bits per heavy atom. The number of carbonyl (C=O) groups excluding carboxylic acids is 1. The number of benzene rings is 2. The minimum atomic E-state index is -0.231. The highest BCUT2D eigenvalue weighted by molar-refractivity contribution is 5.73. The van der Waals surface area contributed by atoms with Crippen LogP contribution in [0.1, 0.15) is 18.1 Å². The lowest BCUT2D eigenvalue weighted by Gasteiger charge is -2.11. The van der Waals surface area contributed by atoms with Crippen LogP contribution in [0.3, 0.4) is 0 Å². The van der Waals surface area contributed by atoms with E-state index >= 15 is 0 Å². The summed E-state index contributed by atoms with van der Waals surface area (Å²) < 4.78 is 16.3. The van der Waals surface area contributed by atoms with Gasteiger partial charge < -0.3 is 24.8 Å². The molecule has 3 rings (SSSR count). The topological polar surface area (TPSA) is 68.8 Å². The summed E-state index contributed by atoms with van der Waals surface area (Å²) in [5, 5.41) is 5.59. The molecular weight excluding hydrogens is 320 g/mol. The molecule has 0 unspecified atom stereocenters. The molecule has 25 heavy (non-hydrogen) atoms. The van der Waals surface area contributed by atoms with Crippen molar-refractivity contribution >= 4 is 6.03 Å². The lowest BCUT2D eigenvalue weighted by Crippen LogP contribution is -2.37. The van der Waals surface area contributed by atoms with Gasteiger partial charge in [-0.1, -0.05) is 31.2 Å². The van der Waals surface area contributed by atoms with Gasteiger partial charge in [0, 0.05) is 6.54 Å². The third-order valence-electron chi connectivity index (χ3n) is 3.89. The molecule has 0 bridgehead atoms. The zero-order valence-electron chi connectivity index (χ0n) is 14.2. The van der Waals surface area contributed by atoms with Crippen LogP contribution in [0.25, 0.3) is 0 Å². The Hall–Kier alpha value is -2.89. The van der Waals surface area contributed by atoms with Gasteiger partial charge in [-0.15, -0.1) is 0 Å². The molecule has 0 saturated heterocycles. The van der Waals surface area contributed by atoms with E-state index in [1.807, 2.05) is 42.5 Å². The molecule has 0 atom stereocenters. The van der Waals surface area contributed by atoms with Crippen LogP contribution in [0.5, 0.6) is 17.2 Å². The van der Waals surface area contributed by atoms with Crippen molar-refractivity contribution in [2.24, 2.45) is 0 Å².